The summed E-state index contributed by atoms with van der Waals surface area (Å²) < 4.78 is 0. The van der Waals surface area contributed by atoms with Gasteiger partial charge in [-0.3, -0.25) is 14.4 Å². The first kappa shape index (κ1) is 19.3. The Labute approximate surface area is 144 Å². The number of hydrogen-bond donors (Lipinski definition) is 3. The lowest BCUT2D eigenvalue weighted by atomic mass is 10.2. The maximum absolute atomic E-state index is 12.1. The number of carboxylic acid groups (broad SMARTS) is 1. The summed E-state index contributed by atoms with van der Waals surface area (Å²) in [5.74, 6) is -1.71. The third-order valence-electron chi connectivity index (χ3n) is 3.05. The molecule has 0 bridgehead atoms. The molecule has 0 fully saturated rings. The zero-order valence-electron chi connectivity index (χ0n) is 12.6. The highest BCUT2D eigenvalue weighted by atomic mass is 35.5. The zero-order valence-corrected chi connectivity index (χ0v) is 14.1. The van der Waals surface area contributed by atoms with Gasteiger partial charge in [-0.15, -0.1) is 0 Å². The number of hydrogen-bond acceptors (Lipinski definition) is 3. The van der Waals surface area contributed by atoms with Crippen LogP contribution in [0, 0.1) is 0 Å². The minimum atomic E-state index is -0.865. The molecular formula is C15H18Cl2N2O4. The fraction of sp³-hybridized carbons (Fsp3) is 0.400. The summed E-state index contributed by atoms with van der Waals surface area (Å²) >= 11 is 11.8. The highest BCUT2D eigenvalue weighted by molar-refractivity contribution is 6.43. The van der Waals surface area contributed by atoms with Gasteiger partial charge in [-0.1, -0.05) is 29.3 Å². The molecule has 0 spiro atoms. The average molecular weight is 361 g/mol. The summed E-state index contributed by atoms with van der Waals surface area (Å²) in [6.07, 6.45) is 1.10. The second kappa shape index (κ2) is 9.37. The lowest BCUT2D eigenvalue weighted by Crippen LogP contribution is -2.45. The fourth-order valence-corrected chi connectivity index (χ4v) is 2.17. The standard InChI is InChI=1S/C15H18Cl2N2O4/c1-9(14(22)18-8-3-2-7-12(20)21)19-15(23)10-5-4-6-11(16)13(10)17/h4-6,9H,2-3,7-8H2,1H3,(H,18,22)(H,19,23)(H,20,21). The van der Waals surface area contributed by atoms with Crippen molar-refractivity contribution >= 4 is 41.0 Å². The Morgan fingerprint density at radius 2 is 1.91 bits per heavy atom. The molecule has 1 aromatic rings. The molecular weight excluding hydrogens is 343 g/mol. The molecule has 126 valence electrons. The number of aliphatic carboxylic acids is 1. The van der Waals surface area contributed by atoms with E-state index in [2.05, 4.69) is 10.6 Å². The largest absolute Gasteiger partial charge is 0.481 e. The van der Waals surface area contributed by atoms with E-state index in [-0.39, 0.29) is 27.9 Å². The van der Waals surface area contributed by atoms with E-state index in [1.165, 1.54) is 6.07 Å². The predicted molar refractivity (Wildman–Crippen MR) is 87.9 cm³/mol. The molecule has 6 nitrogen and oxygen atoms in total. The van der Waals surface area contributed by atoms with Crippen LogP contribution in [0.25, 0.3) is 0 Å². The van der Waals surface area contributed by atoms with E-state index in [9.17, 15) is 14.4 Å². The van der Waals surface area contributed by atoms with Gasteiger partial charge in [0.2, 0.25) is 5.91 Å². The Kier molecular flexibility index (Phi) is 7.85. The predicted octanol–water partition coefficient (Wildman–Crippen LogP) is 2.48. The Morgan fingerprint density at radius 1 is 1.22 bits per heavy atom. The number of unbranched alkanes of at least 4 members (excludes halogenated alkanes) is 1. The maximum Gasteiger partial charge on any atom is 0.303 e. The minimum absolute atomic E-state index is 0.0649. The Bertz CT molecular complexity index is 593. The van der Waals surface area contributed by atoms with Crippen molar-refractivity contribution in [2.24, 2.45) is 0 Å². The van der Waals surface area contributed by atoms with Crippen LogP contribution in [0.3, 0.4) is 0 Å². The third-order valence-corrected chi connectivity index (χ3v) is 3.87. The van der Waals surface area contributed by atoms with Crippen LogP contribution in [0.15, 0.2) is 18.2 Å². The van der Waals surface area contributed by atoms with Crippen molar-refractivity contribution in [3.05, 3.63) is 33.8 Å². The number of halogens is 2. The molecule has 1 rings (SSSR count). The van der Waals surface area contributed by atoms with Gasteiger partial charge in [-0.05, 0) is 31.9 Å². The van der Waals surface area contributed by atoms with E-state index >= 15 is 0 Å². The van der Waals surface area contributed by atoms with Gasteiger partial charge in [0.05, 0.1) is 15.6 Å². The third kappa shape index (κ3) is 6.46. The first-order chi connectivity index (χ1) is 10.8. The summed E-state index contributed by atoms with van der Waals surface area (Å²) in [5.41, 5.74) is 0.195. The van der Waals surface area contributed by atoms with E-state index in [4.69, 9.17) is 28.3 Å². The second-order valence-electron chi connectivity index (χ2n) is 4.94. The molecule has 3 N–H and O–H groups in total. The van der Waals surface area contributed by atoms with Crippen LogP contribution in [0.1, 0.15) is 36.5 Å². The summed E-state index contributed by atoms with van der Waals surface area (Å²) in [6, 6.07) is 3.92. The molecule has 0 aromatic heterocycles. The molecule has 0 aliphatic heterocycles. The number of carbonyl (C=O) groups excluding carboxylic acids is 2. The van der Waals surface area contributed by atoms with Gasteiger partial charge in [0.25, 0.3) is 5.91 Å². The molecule has 0 aliphatic carbocycles. The highest BCUT2D eigenvalue weighted by Crippen LogP contribution is 2.25. The van der Waals surface area contributed by atoms with Gasteiger partial charge < -0.3 is 15.7 Å². The van der Waals surface area contributed by atoms with Gasteiger partial charge in [-0.25, -0.2) is 0 Å². The van der Waals surface area contributed by atoms with E-state index in [1.54, 1.807) is 19.1 Å². The van der Waals surface area contributed by atoms with Crippen LogP contribution in [0.4, 0.5) is 0 Å². The second-order valence-corrected chi connectivity index (χ2v) is 5.72. The molecule has 0 saturated carbocycles. The number of rotatable bonds is 8. The van der Waals surface area contributed by atoms with Gasteiger partial charge in [0.1, 0.15) is 6.04 Å². The number of carbonyl (C=O) groups is 3. The van der Waals surface area contributed by atoms with Crippen LogP contribution >= 0.6 is 23.2 Å². The summed E-state index contributed by atoms with van der Waals surface area (Å²) in [4.78, 5) is 34.3. The quantitative estimate of drug-likeness (QED) is 0.620. The maximum atomic E-state index is 12.1. The van der Waals surface area contributed by atoms with E-state index in [0.29, 0.717) is 19.4 Å². The average Bonchev–Trinajstić information content (AvgIpc) is 2.48. The fourth-order valence-electron chi connectivity index (χ4n) is 1.79. The molecule has 2 amide bonds. The molecule has 0 aliphatic rings. The summed E-state index contributed by atoms with van der Waals surface area (Å²) in [7, 11) is 0. The van der Waals surface area contributed by atoms with Crippen LogP contribution in [0.2, 0.25) is 10.0 Å². The van der Waals surface area contributed by atoms with E-state index in [1.807, 2.05) is 0 Å². The van der Waals surface area contributed by atoms with Crippen molar-refractivity contribution < 1.29 is 19.5 Å². The van der Waals surface area contributed by atoms with Crippen LogP contribution < -0.4 is 10.6 Å². The summed E-state index contributed by atoms with van der Waals surface area (Å²) in [6.45, 7) is 1.90. The van der Waals surface area contributed by atoms with Gasteiger partial charge >= 0.3 is 5.97 Å². The minimum Gasteiger partial charge on any atom is -0.481 e. The van der Waals surface area contributed by atoms with Gasteiger partial charge in [0.15, 0.2) is 0 Å². The van der Waals surface area contributed by atoms with Gasteiger partial charge in [-0.2, -0.15) is 0 Å². The lowest BCUT2D eigenvalue weighted by molar-refractivity contribution is -0.137. The molecule has 1 aromatic carbocycles. The molecule has 8 heteroatoms. The zero-order chi connectivity index (χ0) is 17.4. The van der Waals surface area contributed by atoms with E-state index < -0.39 is 17.9 Å². The van der Waals surface area contributed by atoms with Crippen molar-refractivity contribution in [2.75, 3.05) is 6.54 Å². The number of carboxylic acids is 1. The molecule has 1 atom stereocenters. The number of nitrogens with one attached hydrogen (secondary N) is 2. The van der Waals surface area contributed by atoms with E-state index in [0.717, 1.165) is 0 Å². The first-order valence-electron chi connectivity index (χ1n) is 7.07. The van der Waals surface area contributed by atoms with Crippen molar-refractivity contribution in [3.63, 3.8) is 0 Å². The van der Waals surface area contributed by atoms with Crippen LogP contribution in [-0.2, 0) is 9.59 Å². The summed E-state index contributed by atoms with van der Waals surface area (Å²) in [5, 5.41) is 14.1. The van der Waals surface area contributed by atoms with Crippen molar-refractivity contribution in [1.82, 2.24) is 10.6 Å². The van der Waals surface area contributed by atoms with Gasteiger partial charge in [0, 0.05) is 13.0 Å². The normalized spacial score (nSPS) is 11.6. The van der Waals surface area contributed by atoms with Crippen LogP contribution in [0.5, 0.6) is 0 Å². The molecule has 0 saturated heterocycles. The smallest absolute Gasteiger partial charge is 0.303 e. The topological polar surface area (TPSA) is 95.5 Å². The molecule has 0 radical (unpaired) electrons. The monoisotopic (exact) mass is 360 g/mol. The Hall–Kier alpha value is -1.79. The van der Waals surface area contributed by atoms with Crippen molar-refractivity contribution in [1.29, 1.82) is 0 Å². The van der Waals surface area contributed by atoms with Crippen LogP contribution in [-0.4, -0.2) is 35.5 Å². The molecule has 0 heterocycles. The molecule has 23 heavy (non-hydrogen) atoms. The van der Waals surface area contributed by atoms with Crippen molar-refractivity contribution in [2.45, 2.75) is 32.2 Å². The van der Waals surface area contributed by atoms with Crippen molar-refractivity contribution in [3.8, 4) is 0 Å². The Balaban J connectivity index is 2.44. The SMILES string of the molecule is CC(NC(=O)c1cccc(Cl)c1Cl)C(=O)NCCCCC(=O)O. The highest BCUT2D eigenvalue weighted by Gasteiger charge is 2.18. The molecule has 1 unspecified atom stereocenters. The Morgan fingerprint density at radius 3 is 2.57 bits per heavy atom. The number of benzene rings is 1. The lowest BCUT2D eigenvalue weighted by Gasteiger charge is -2.15. The first-order valence-corrected chi connectivity index (χ1v) is 7.83. The number of amides is 2.